The first-order valence-corrected chi connectivity index (χ1v) is 7.76. The van der Waals surface area contributed by atoms with Crippen LogP contribution in [0, 0.1) is 0 Å². The number of benzene rings is 1. The van der Waals surface area contributed by atoms with Crippen LogP contribution in [0.3, 0.4) is 0 Å². The molecule has 0 saturated carbocycles. The lowest BCUT2D eigenvalue weighted by Crippen LogP contribution is -2.46. The van der Waals surface area contributed by atoms with Crippen LogP contribution in [0.1, 0.15) is 17.3 Å². The average Bonchev–Trinajstić information content (AvgIpc) is 2.49. The molecule has 1 aromatic rings. The van der Waals surface area contributed by atoms with Gasteiger partial charge in [-0.05, 0) is 19.1 Å². The second-order valence-corrected chi connectivity index (χ2v) is 5.49. The highest BCUT2D eigenvalue weighted by Crippen LogP contribution is 2.17. The smallest absolute Gasteiger partial charge is 0.340 e. The van der Waals surface area contributed by atoms with E-state index >= 15 is 0 Å². The maximum atomic E-state index is 12.2. The zero-order chi connectivity index (χ0) is 14.4. The van der Waals surface area contributed by atoms with E-state index in [0.29, 0.717) is 17.9 Å². The van der Waals surface area contributed by atoms with Gasteiger partial charge < -0.3 is 15.4 Å². The van der Waals surface area contributed by atoms with Crippen molar-refractivity contribution in [3.05, 3.63) is 29.8 Å². The molecule has 20 heavy (non-hydrogen) atoms. The number of carbonyl (C=O) groups excluding carboxylic acids is 2. The second-order valence-electron chi connectivity index (χ2n) is 4.34. The Morgan fingerprint density at radius 2 is 2.25 bits per heavy atom. The summed E-state index contributed by atoms with van der Waals surface area (Å²) in [5.41, 5.74) is 0.875. The summed E-state index contributed by atoms with van der Waals surface area (Å²) in [5.74, 6) is 1.22. The van der Waals surface area contributed by atoms with Crippen molar-refractivity contribution < 1.29 is 14.3 Å². The minimum absolute atomic E-state index is 0.117. The SMILES string of the molecule is CCOC(=O)c1ccccc1NC(=O)C1CSCCN1. The molecule has 2 rings (SSSR count). The molecule has 1 fully saturated rings. The molecule has 108 valence electrons. The standard InChI is InChI=1S/C14H18N2O3S/c1-2-19-14(18)10-5-3-4-6-11(10)16-13(17)12-9-20-8-7-15-12/h3-6,12,15H,2,7-9H2,1H3,(H,16,17). The number of anilines is 1. The number of para-hydroxylation sites is 1. The zero-order valence-corrected chi connectivity index (χ0v) is 12.2. The predicted molar refractivity (Wildman–Crippen MR) is 80.1 cm³/mol. The zero-order valence-electron chi connectivity index (χ0n) is 11.3. The van der Waals surface area contributed by atoms with Crippen LogP contribution in [-0.2, 0) is 9.53 Å². The third kappa shape index (κ3) is 3.74. The summed E-state index contributed by atoms with van der Waals surface area (Å²) < 4.78 is 4.99. The summed E-state index contributed by atoms with van der Waals surface area (Å²) in [5, 5.41) is 5.97. The normalized spacial score (nSPS) is 18.4. The van der Waals surface area contributed by atoms with Crippen LogP contribution in [-0.4, -0.2) is 42.6 Å². The Bertz CT molecular complexity index is 487. The fourth-order valence-corrected chi connectivity index (χ4v) is 2.87. The number of thioether (sulfide) groups is 1. The van der Waals surface area contributed by atoms with E-state index in [1.54, 1.807) is 43.0 Å². The minimum Gasteiger partial charge on any atom is -0.462 e. The number of ether oxygens (including phenoxy) is 1. The van der Waals surface area contributed by atoms with Gasteiger partial charge in [0.25, 0.3) is 0 Å². The Balaban J connectivity index is 2.08. The molecule has 6 heteroatoms. The molecule has 1 aliphatic rings. The lowest BCUT2D eigenvalue weighted by Gasteiger charge is -2.22. The Morgan fingerprint density at radius 3 is 2.95 bits per heavy atom. The Kier molecular flexibility index (Phi) is 5.43. The van der Waals surface area contributed by atoms with Crippen LogP contribution in [0.5, 0.6) is 0 Å². The van der Waals surface area contributed by atoms with Crippen molar-refractivity contribution in [1.29, 1.82) is 0 Å². The lowest BCUT2D eigenvalue weighted by atomic mass is 10.1. The quantitative estimate of drug-likeness (QED) is 0.824. The number of rotatable bonds is 4. The maximum Gasteiger partial charge on any atom is 0.340 e. The van der Waals surface area contributed by atoms with Crippen LogP contribution in [0.15, 0.2) is 24.3 Å². The van der Waals surface area contributed by atoms with Crippen LogP contribution in [0.25, 0.3) is 0 Å². The van der Waals surface area contributed by atoms with Crippen LogP contribution < -0.4 is 10.6 Å². The van der Waals surface area contributed by atoms with Gasteiger partial charge in [-0.2, -0.15) is 11.8 Å². The molecule has 5 nitrogen and oxygen atoms in total. The summed E-state index contributed by atoms with van der Waals surface area (Å²) in [6, 6.07) is 6.67. The van der Waals surface area contributed by atoms with Crippen molar-refractivity contribution in [3.8, 4) is 0 Å². The van der Waals surface area contributed by atoms with Gasteiger partial charge in [-0.3, -0.25) is 4.79 Å². The van der Waals surface area contributed by atoms with Crippen LogP contribution in [0.4, 0.5) is 5.69 Å². The Hall–Kier alpha value is -1.53. The summed E-state index contributed by atoms with van der Waals surface area (Å²) in [6.07, 6.45) is 0. The fraction of sp³-hybridized carbons (Fsp3) is 0.429. The first-order valence-electron chi connectivity index (χ1n) is 6.60. The number of esters is 1. The molecule has 1 aromatic carbocycles. The molecule has 1 atom stereocenters. The van der Waals surface area contributed by atoms with Crippen molar-refractivity contribution in [2.45, 2.75) is 13.0 Å². The van der Waals surface area contributed by atoms with Gasteiger partial charge in [-0.1, -0.05) is 12.1 Å². The van der Waals surface area contributed by atoms with E-state index in [9.17, 15) is 9.59 Å². The molecule has 0 bridgehead atoms. The number of hydrogen-bond donors (Lipinski definition) is 2. The van der Waals surface area contributed by atoms with Gasteiger partial charge >= 0.3 is 5.97 Å². The highest BCUT2D eigenvalue weighted by molar-refractivity contribution is 7.99. The van der Waals surface area contributed by atoms with E-state index < -0.39 is 5.97 Å². The van der Waals surface area contributed by atoms with Crippen LogP contribution in [0.2, 0.25) is 0 Å². The van der Waals surface area contributed by atoms with Crippen molar-refractivity contribution in [1.82, 2.24) is 5.32 Å². The molecule has 0 radical (unpaired) electrons. The maximum absolute atomic E-state index is 12.2. The third-order valence-electron chi connectivity index (χ3n) is 2.92. The van der Waals surface area contributed by atoms with Gasteiger partial charge in [0.15, 0.2) is 0 Å². The first kappa shape index (κ1) is 14.9. The van der Waals surface area contributed by atoms with Crippen molar-refractivity contribution in [2.75, 3.05) is 30.0 Å². The molecular formula is C14H18N2O3S. The molecule has 1 aliphatic heterocycles. The topological polar surface area (TPSA) is 67.4 Å². The third-order valence-corrected chi connectivity index (χ3v) is 3.98. The molecule has 0 aromatic heterocycles. The molecule has 1 unspecified atom stereocenters. The predicted octanol–water partition coefficient (Wildman–Crippen LogP) is 1.51. The summed E-state index contributed by atoms with van der Waals surface area (Å²) in [4.78, 5) is 24.0. The molecule has 0 spiro atoms. The van der Waals surface area contributed by atoms with E-state index in [2.05, 4.69) is 10.6 Å². The van der Waals surface area contributed by atoms with Gasteiger partial charge in [0, 0.05) is 18.1 Å². The van der Waals surface area contributed by atoms with Crippen molar-refractivity contribution in [3.63, 3.8) is 0 Å². The molecule has 2 N–H and O–H groups in total. The van der Waals surface area contributed by atoms with Crippen LogP contribution >= 0.6 is 11.8 Å². The number of carbonyl (C=O) groups is 2. The summed E-state index contributed by atoms with van der Waals surface area (Å²) >= 11 is 1.75. The number of amides is 1. The van der Waals surface area contributed by atoms with E-state index in [1.807, 2.05) is 0 Å². The molecule has 0 aliphatic carbocycles. The average molecular weight is 294 g/mol. The van der Waals surface area contributed by atoms with Gasteiger partial charge in [0.1, 0.15) is 0 Å². The number of hydrogen-bond acceptors (Lipinski definition) is 5. The van der Waals surface area contributed by atoms with Gasteiger partial charge in [-0.25, -0.2) is 4.79 Å². The van der Waals surface area contributed by atoms with E-state index in [0.717, 1.165) is 18.1 Å². The lowest BCUT2D eigenvalue weighted by molar-refractivity contribution is -0.117. The van der Waals surface area contributed by atoms with Crippen molar-refractivity contribution >= 4 is 29.3 Å². The van der Waals surface area contributed by atoms with Gasteiger partial charge in [0.2, 0.25) is 5.91 Å². The van der Waals surface area contributed by atoms with Crippen molar-refractivity contribution in [2.24, 2.45) is 0 Å². The first-order chi connectivity index (χ1) is 9.72. The van der Waals surface area contributed by atoms with E-state index in [4.69, 9.17) is 4.74 Å². The summed E-state index contributed by atoms with van der Waals surface area (Å²) in [6.45, 7) is 2.88. The molecular weight excluding hydrogens is 276 g/mol. The fourth-order valence-electron chi connectivity index (χ4n) is 1.93. The second kappa shape index (κ2) is 7.31. The Labute approximate surface area is 122 Å². The molecule has 1 saturated heterocycles. The molecule has 1 amide bonds. The van der Waals surface area contributed by atoms with Gasteiger partial charge in [0.05, 0.1) is 23.9 Å². The van der Waals surface area contributed by atoms with E-state index in [-0.39, 0.29) is 11.9 Å². The number of nitrogens with one attached hydrogen (secondary N) is 2. The minimum atomic E-state index is -0.422. The highest BCUT2D eigenvalue weighted by Gasteiger charge is 2.22. The van der Waals surface area contributed by atoms with Gasteiger partial charge in [-0.15, -0.1) is 0 Å². The monoisotopic (exact) mass is 294 g/mol. The van der Waals surface area contributed by atoms with E-state index in [1.165, 1.54) is 0 Å². The largest absolute Gasteiger partial charge is 0.462 e. The highest BCUT2D eigenvalue weighted by atomic mass is 32.2. The Morgan fingerprint density at radius 1 is 1.45 bits per heavy atom. The molecule has 1 heterocycles. The summed E-state index contributed by atoms with van der Waals surface area (Å²) in [7, 11) is 0.